The number of hydrogen-bond acceptors (Lipinski definition) is 8. The summed E-state index contributed by atoms with van der Waals surface area (Å²) >= 11 is 5.03. The molecule has 1 saturated heterocycles. The number of aromatic nitrogens is 4. The van der Waals surface area contributed by atoms with Crippen molar-refractivity contribution in [2.45, 2.75) is 44.6 Å². The Balaban J connectivity index is 1.59. The van der Waals surface area contributed by atoms with Crippen molar-refractivity contribution in [3.8, 4) is 0 Å². The van der Waals surface area contributed by atoms with Crippen LogP contribution >= 0.6 is 27.3 Å². The molecule has 0 saturated carbocycles. The number of halogens is 1. The summed E-state index contributed by atoms with van der Waals surface area (Å²) in [6.45, 7) is 8.94. The average Bonchev–Trinajstić information content (AvgIpc) is 3.38. The van der Waals surface area contributed by atoms with Gasteiger partial charge in [-0.05, 0) is 53.0 Å². The third-order valence-corrected chi connectivity index (χ3v) is 8.02. The first-order valence-electron chi connectivity index (χ1n) is 10.1. The number of nitrogens with zero attached hydrogens (tertiary/aromatic N) is 5. The van der Waals surface area contributed by atoms with E-state index in [2.05, 4.69) is 50.8 Å². The van der Waals surface area contributed by atoms with Crippen LogP contribution in [-0.2, 0) is 9.47 Å². The van der Waals surface area contributed by atoms with E-state index in [1.807, 2.05) is 23.1 Å². The van der Waals surface area contributed by atoms with Gasteiger partial charge in [-0.15, -0.1) is 10.2 Å². The van der Waals surface area contributed by atoms with Crippen molar-refractivity contribution in [2.75, 3.05) is 24.8 Å². The molecular weight excluding hydrogens is 482 g/mol. The standard InChI is InChI=1S/C20H26BrN5O2SSi/c1-30(2,3)10-9-27-13-26(20-25-24-19(29-20)17-5-4-8-28-17)18-7-6-15-16(23-18)11-14(21)12-22-15/h6-7,11-12,17H,4-5,8-10,13H2,1-3H3. The Morgan fingerprint density at radius 2 is 2.13 bits per heavy atom. The maximum absolute atomic E-state index is 6.05. The van der Waals surface area contributed by atoms with E-state index < -0.39 is 8.07 Å². The summed E-state index contributed by atoms with van der Waals surface area (Å²) in [6.07, 6.45) is 3.89. The quantitative estimate of drug-likeness (QED) is 0.225. The van der Waals surface area contributed by atoms with E-state index in [0.717, 1.165) is 63.6 Å². The van der Waals surface area contributed by atoms with Crippen LogP contribution in [0.2, 0.25) is 25.7 Å². The molecule has 1 aliphatic rings. The zero-order valence-electron chi connectivity index (χ0n) is 17.5. The van der Waals surface area contributed by atoms with Crippen molar-refractivity contribution >= 4 is 57.3 Å². The highest BCUT2D eigenvalue weighted by molar-refractivity contribution is 9.10. The smallest absolute Gasteiger partial charge is 0.215 e. The molecule has 0 radical (unpaired) electrons. The molecule has 4 heterocycles. The normalized spacial score (nSPS) is 17.0. The van der Waals surface area contributed by atoms with Crippen LogP contribution < -0.4 is 4.90 Å². The fraction of sp³-hybridized carbons (Fsp3) is 0.500. The molecule has 1 aliphatic heterocycles. The fourth-order valence-corrected chi connectivity index (χ4v) is 5.11. The third-order valence-electron chi connectivity index (χ3n) is 4.85. The molecule has 1 fully saturated rings. The van der Waals surface area contributed by atoms with Crippen molar-refractivity contribution in [1.29, 1.82) is 0 Å². The Labute approximate surface area is 190 Å². The van der Waals surface area contributed by atoms with Gasteiger partial charge in [0.2, 0.25) is 5.13 Å². The minimum absolute atomic E-state index is 0.0515. The van der Waals surface area contributed by atoms with E-state index in [1.165, 1.54) is 0 Å². The molecule has 0 aliphatic carbocycles. The summed E-state index contributed by atoms with van der Waals surface area (Å²) in [5, 5.41) is 10.5. The second-order valence-corrected chi connectivity index (χ2v) is 16.1. The molecular formula is C20H26BrN5O2SSi. The number of ether oxygens (including phenoxy) is 2. The van der Waals surface area contributed by atoms with Gasteiger partial charge < -0.3 is 9.47 Å². The lowest BCUT2D eigenvalue weighted by atomic mass is 10.2. The molecule has 0 aromatic carbocycles. The fourth-order valence-electron chi connectivity index (χ4n) is 3.11. The summed E-state index contributed by atoms with van der Waals surface area (Å²) in [5.74, 6) is 0.769. The van der Waals surface area contributed by atoms with Crippen LogP contribution in [0.5, 0.6) is 0 Å². The molecule has 1 unspecified atom stereocenters. The summed E-state index contributed by atoms with van der Waals surface area (Å²) < 4.78 is 12.7. The second-order valence-electron chi connectivity index (χ2n) is 8.56. The van der Waals surface area contributed by atoms with E-state index in [1.54, 1.807) is 17.5 Å². The van der Waals surface area contributed by atoms with Crippen LogP contribution in [0.25, 0.3) is 11.0 Å². The van der Waals surface area contributed by atoms with Gasteiger partial charge in [0, 0.05) is 32.0 Å². The van der Waals surface area contributed by atoms with Gasteiger partial charge in [-0.3, -0.25) is 9.88 Å². The highest BCUT2D eigenvalue weighted by Gasteiger charge is 2.25. The van der Waals surface area contributed by atoms with Gasteiger partial charge in [0.25, 0.3) is 0 Å². The first kappa shape index (κ1) is 21.8. The van der Waals surface area contributed by atoms with E-state index in [0.29, 0.717) is 6.73 Å². The van der Waals surface area contributed by atoms with E-state index in [-0.39, 0.29) is 6.10 Å². The van der Waals surface area contributed by atoms with Gasteiger partial charge >= 0.3 is 0 Å². The lowest BCUT2D eigenvalue weighted by Crippen LogP contribution is -2.26. The van der Waals surface area contributed by atoms with Crippen LogP contribution in [0, 0.1) is 0 Å². The first-order valence-corrected chi connectivity index (χ1v) is 15.4. The molecule has 0 amide bonds. The Kier molecular flexibility index (Phi) is 6.78. The van der Waals surface area contributed by atoms with Gasteiger partial charge in [0.15, 0.2) is 0 Å². The molecule has 0 N–H and O–H groups in total. The third kappa shape index (κ3) is 5.41. The Morgan fingerprint density at radius 3 is 2.90 bits per heavy atom. The number of anilines is 2. The minimum Gasteiger partial charge on any atom is -0.371 e. The molecule has 7 nitrogen and oxygen atoms in total. The van der Waals surface area contributed by atoms with Gasteiger partial charge in [-0.1, -0.05) is 31.0 Å². The molecule has 0 spiro atoms. The lowest BCUT2D eigenvalue weighted by molar-refractivity contribution is 0.111. The van der Waals surface area contributed by atoms with Gasteiger partial charge in [-0.2, -0.15) is 0 Å². The number of rotatable bonds is 8. The molecule has 3 aromatic rings. The molecule has 4 rings (SSSR count). The maximum atomic E-state index is 6.05. The maximum Gasteiger partial charge on any atom is 0.215 e. The Bertz CT molecular complexity index is 1010. The molecule has 10 heteroatoms. The van der Waals surface area contributed by atoms with Gasteiger partial charge in [-0.25, -0.2) is 4.98 Å². The minimum atomic E-state index is -1.16. The Hall–Kier alpha value is -1.46. The van der Waals surface area contributed by atoms with Crippen molar-refractivity contribution < 1.29 is 9.47 Å². The largest absolute Gasteiger partial charge is 0.371 e. The lowest BCUT2D eigenvalue weighted by Gasteiger charge is -2.22. The zero-order valence-corrected chi connectivity index (χ0v) is 20.9. The molecule has 160 valence electrons. The first-order chi connectivity index (χ1) is 14.4. The predicted molar refractivity (Wildman–Crippen MR) is 126 cm³/mol. The van der Waals surface area contributed by atoms with Crippen LogP contribution in [0.15, 0.2) is 28.9 Å². The summed E-state index contributed by atoms with van der Waals surface area (Å²) in [5.41, 5.74) is 1.66. The van der Waals surface area contributed by atoms with E-state index in [4.69, 9.17) is 14.5 Å². The second kappa shape index (κ2) is 9.35. The monoisotopic (exact) mass is 507 g/mol. The topological polar surface area (TPSA) is 73.3 Å². The highest BCUT2D eigenvalue weighted by atomic mass is 79.9. The summed E-state index contributed by atoms with van der Waals surface area (Å²) in [7, 11) is -1.16. The van der Waals surface area contributed by atoms with Crippen LogP contribution in [0.1, 0.15) is 24.0 Å². The number of hydrogen-bond donors (Lipinski definition) is 0. The van der Waals surface area contributed by atoms with Crippen molar-refractivity contribution in [3.05, 3.63) is 33.9 Å². The molecule has 1 atom stereocenters. The van der Waals surface area contributed by atoms with E-state index >= 15 is 0 Å². The summed E-state index contributed by atoms with van der Waals surface area (Å²) in [6, 6.07) is 7.01. The predicted octanol–water partition coefficient (Wildman–Crippen LogP) is 5.55. The average molecular weight is 509 g/mol. The van der Waals surface area contributed by atoms with Crippen LogP contribution in [0.3, 0.4) is 0 Å². The zero-order chi connectivity index (χ0) is 21.1. The molecule has 30 heavy (non-hydrogen) atoms. The Morgan fingerprint density at radius 1 is 1.27 bits per heavy atom. The highest BCUT2D eigenvalue weighted by Crippen LogP contribution is 2.35. The SMILES string of the molecule is C[Si](C)(C)CCOCN(c1ccc2ncc(Br)cc2n1)c1nnc(C2CCCO2)s1. The van der Waals surface area contributed by atoms with Gasteiger partial charge in [0.05, 0.1) is 11.0 Å². The van der Waals surface area contributed by atoms with Crippen molar-refractivity contribution in [2.24, 2.45) is 0 Å². The van der Waals surface area contributed by atoms with Crippen LogP contribution in [0.4, 0.5) is 10.9 Å². The van der Waals surface area contributed by atoms with E-state index in [9.17, 15) is 0 Å². The van der Waals surface area contributed by atoms with Crippen molar-refractivity contribution in [1.82, 2.24) is 20.2 Å². The van der Waals surface area contributed by atoms with Crippen LogP contribution in [-0.4, -0.2) is 48.2 Å². The van der Waals surface area contributed by atoms with Crippen molar-refractivity contribution in [3.63, 3.8) is 0 Å². The number of fused-ring (bicyclic) bond motifs is 1. The molecule has 3 aromatic heterocycles. The molecule has 0 bridgehead atoms. The number of pyridine rings is 2. The van der Waals surface area contributed by atoms with Gasteiger partial charge in [0.1, 0.15) is 23.7 Å². The summed E-state index contributed by atoms with van der Waals surface area (Å²) in [4.78, 5) is 11.2.